The van der Waals surface area contributed by atoms with Gasteiger partial charge in [-0.3, -0.25) is 4.79 Å². The van der Waals surface area contributed by atoms with Crippen LogP contribution in [0.15, 0.2) is 60.9 Å². The Morgan fingerprint density at radius 1 is 1.11 bits per heavy atom. The first-order chi connectivity index (χ1) is 13.0. The van der Waals surface area contributed by atoms with E-state index in [1.54, 1.807) is 13.3 Å². The number of imidazole rings is 1. The van der Waals surface area contributed by atoms with Gasteiger partial charge in [0.15, 0.2) is 0 Å². The van der Waals surface area contributed by atoms with E-state index >= 15 is 0 Å². The van der Waals surface area contributed by atoms with Crippen molar-refractivity contribution in [3.05, 3.63) is 83.4 Å². The van der Waals surface area contributed by atoms with Crippen LogP contribution in [0.4, 0.5) is 0 Å². The van der Waals surface area contributed by atoms with E-state index in [4.69, 9.17) is 4.74 Å². The lowest BCUT2D eigenvalue weighted by atomic mass is 10.0. The summed E-state index contributed by atoms with van der Waals surface area (Å²) in [5.41, 5.74) is 2.69. The number of hydrogen-bond acceptors (Lipinski definition) is 3. The molecule has 0 bridgehead atoms. The average molecular weight is 363 g/mol. The summed E-state index contributed by atoms with van der Waals surface area (Å²) in [7, 11) is 3.54. The summed E-state index contributed by atoms with van der Waals surface area (Å²) in [6, 6.07) is 15.0. The molecule has 5 heteroatoms. The fourth-order valence-electron chi connectivity index (χ4n) is 3.08. The maximum Gasteiger partial charge on any atom is 0.252 e. The molecule has 1 N–H and O–H groups in total. The van der Waals surface area contributed by atoms with Crippen LogP contribution in [-0.4, -0.2) is 22.6 Å². The molecule has 1 aromatic heterocycles. The van der Waals surface area contributed by atoms with E-state index in [0.717, 1.165) is 11.4 Å². The summed E-state index contributed by atoms with van der Waals surface area (Å²) in [6.07, 6.45) is 3.59. The molecule has 3 aromatic rings. The van der Waals surface area contributed by atoms with Gasteiger partial charge in [0.05, 0.1) is 7.11 Å². The Kier molecular flexibility index (Phi) is 5.60. The van der Waals surface area contributed by atoms with Crippen LogP contribution in [0.3, 0.4) is 0 Å². The molecule has 3 rings (SSSR count). The third-order valence-corrected chi connectivity index (χ3v) is 4.68. The minimum atomic E-state index is -0.418. The number of aromatic nitrogens is 2. The maximum absolute atomic E-state index is 12.9. The molecule has 140 valence electrons. The first kappa shape index (κ1) is 18.7. The van der Waals surface area contributed by atoms with Gasteiger partial charge in [0.1, 0.15) is 17.6 Å². The Balaban J connectivity index is 1.94. The van der Waals surface area contributed by atoms with Crippen LogP contribution >= 0.6 is 0 Å². The number of ether oxygens (including phenoxy) is 1. The number of amides is 1. The Morgan fingerprint density at radius 2 is 1.81 bits per heavy atom. The molecule has 0 radical (unpaired) electrons. The fraction of sp³-hybridized carbons (Fsp3) is 0.273. The topological polar surface area (TPSA) is 56.1 Å². The normalized spacial score (nSPS) is 12.0. The van der Waals surface area contributed by atoms with Crippen LogP contribution in [0.25, 0.3) is 0 Å². The number of methoxy groups -OCH3 is 1. The average Bonchev–Trinajstić information content (AvgIpc) is 3.11. The second-order valence-corrected chi connectivity index (χ2v) is 6.82. The summed E-state index contributed by atoms with van der Waals surface area (Å²) in [5, 5.41) is 3.11. The number of rotatable bonds is 6. The van der Waals surface area contributed by atoms with E-state index < -0.39 is 6.04 Å². The predicted molar refractivity (Wildman–Crippen MR) is 106 cm³/mol. The zero-order chi connectivity index (χ0) is 19.4. The summed E-state index contributed by atoms with van der Waals surface area (Å²) in [4.78, 5) is 17.4. The lowest BCUT2D eigenvalue weighted by Crippen LogP contribution is -2.31. The number of hydrogen-bond donors (Lipinski definition) is 1. The van der Waals surface area contributed by atoms with Gasteiger partial charge in [0, 0.05) is 30.6 Å². The molecule has 1 amide bonds. The second-order valence-electron chi connectivity index (χ2n) is 6.82. The molecule has 5 nitrogen and oxygen atoms in total. The smallest absolute Gasteiger partial charge is 0.252 e. The largest absolute Gasteiger partial charge is 0.496 e. The van der Waals surface area contributed by atoms with E-state index in [-0.39, 0.29) is 5.91 Å². The lowest BCUT2D eigenvalue weighted by Gasteiger charge is -2.21. The molecular weight excluding hydrogens is 338 g/mol. The molecule has 0 aliphatic rings. The van der Waals surface area contributed by atoms with Gasteiger partial charge in [0.2, 0.25) is 0 Å². The number of aryl methyl sites for hydroxylation is 1. The zero-order valence-corrected chi connectivity index (χ0v) is 16.1. The van der Waals surface area contributed by atoms with Crippen LogP contribution in [-0.2, 0) is 7.05 Å². The molecule has 27 heavy (non-hydrogen) atoms. The van der Waals surface area contributed by atoms with Gasteiger partial charge >= 0.3 is 0 Å². The predicted octanol–water partition coefficient (Wildman–Crippen LogP) is 4.07. The SMILES string of the molecule is COc1ccccc1C(NC(=O)c1ccc(C(C)C)cc1)c1nccn1C. The first-order valence-corrected chi connectivity index (χ1v) is 9.02. The molecule has 2 aromatic carbocycles. The number of carbonyl (C=O) groups is 1. The highest BCUT2D eigenvalue weighted by Crippen LogP contribution is 2.29. The van der Waals surface area contributed by atoms with Crippen molar-refractivity contribution in [2.24, 2.45) is 7.05 Å². The van der Waals surface area contributed by atoms with Gasteiger partial charge in [-0.2, -0.15) is 0 Å². The number of nitrogens with one attached hydrogen (secondary N) is 1. The number of nitrogens with zero attached hydrogens (tertiary/aromatic N) is 2. The highest BCUT2D eigenvalue weighted by Gasteiger charge is 2.24. The van der Waals surface area contributed by atoms with Gasteiger partial charge in [0.25, 0.3) is 5.91 Å². The molecule has 0 aliphatic heterocycles. The number of para-hydroxylation sites is 1. The van der Waals surface area contributed by atoms with E-state index in [1.165, 1.54) is 5.56 Å². The summed E-state index contributed by atoms with van der Waals surface area (Å²) in [6.45, 7) is 4.27. The van der Waals surface area contributed by atoms with Crippen molar-refractivity contribution >= 4 is 5.91 Å². The van der Waals surface area contributed by atoms with Gasteiger partial charge < -0.3 is 14.6 Å². The summed E-state index contributed by atoms with van der Waals surface area (Å²) in [5.74, 6) is 1.73. The molecule has 0 saturated heterocycles. The Morgan fingerprint density at radius 3 is 2.41 bits per heavy atom. The highest BCUT2D eigenvalue weighted by atomic mass is 16.5. The van der Waals surface area contributed by atoms with Gasteiger partial charge in [-0.15, -0.1) is 0 Å². The van der Waals surface area contributed by atoms with Crippen molar-refractivity contribution in [2.45, 2.75) is 25.8 Å². The van der Waals surface area contributed by atoms with Crippen LogP contribution in [0, 0.1) is 0 Å². The zero-order valence-electron chi connectivity index (χ0n) is 16.1. The van der Waals surface area contributed by atoms with Crippen molar-refractivity contribution in [1.82, 2.24) is 14.9 Å². The summed E-state index contributed by atoms with van der Waals surface area (Å²) >= 11 is 0. The van der Waals surface area contributed by atoms with E-state index in [1.807, 2.05) is 66.3 Å². The van der Waals surface area contributed by atoms with E-state index in [0.29, 0.717) is 17.2 Å². The Labute approximate surface area is 160 Å². The lowest BCUT2D eigenvalue weighted by molar-refractivity contribution is 0.0940. The third kappa shape index (κ3) is 4.03. The molecule has 1 heterocycles. The van der Waals surface area contributed by atoms with Crippen molar-refractivity contribution in [1.29, 1.82) is 0 Å². The molecule has 0 spiro atoms. The van der Waals surface area contributed by atoms with E-state index in [9.17, 15) is 4.79 Å². The van der Waals surface area contributed by atoms with Crippen LogP contribution in [0.5, 0.6) is 5.75 Å². The van der Waals surface area contributed by atoms with Crippen LogP contribution < -0.4 is 10.1 Å². The Bertz CT molecular complexity index is 913. The van der Waals surface area contributed by atoms with E-state index in [2.05, 4.69) is 24.1 Å². The maximum atomic E-state index is 12.9. The third-order valence-electron chi connectivity index (χ3n) is 4.68. The number of carbonyl (C=O) groups excluding carboxylic acids is 1. The fourth-order valence-corrected chi connectivity index (χ4v) is 3.08. The molecule has 0 saturated carbocycles. The standard InChI is InChI=1S/C22H25N3O2/c1-15(2)16-9-11-17(12-10-16)22(26)24-20(21-23-13-14-25(21)3)18-7-5-6-8-19(18)27-4/h5-15,20H,1-4H3,(H,24,26). The Hall–Kier alpha value is -3.08. The quantitative estimate of drug-likeness (QED) is 0.718. The van der Waals surface area contributed by atoms with Crippen molar-refractivity contribution < 1.29 is 9.53 Å². The highest BCUT2D eigenvalue weighted by molar-refractivity contribution is 5.94. The van der Waals surface area contributed by atoms with Gasteiger partial charge in [-0.05, 0) is 29.7 Å². The first-order valence-electron chi connectivity index (χ1n) is 9.02. The minimum absolute atomic E-state index is 0.149. The van der Waals surface area contributed by atoms with Gasteiger partial charge in [-0.25, -0.2) is 4.98 Å². The van der Waals surface area contributed by atoms with Crippen molar-refractivity contribution in [3.8, 4) is 5.75 Å². The molecule has 0 fully saturated rings. The van der Waals surface area contributed by atoms with Gasteiger partial charge in [-0.1, -0.05) is 44.2 Å². The minimum Gasteiger partial charge on any atom is -0.496 e. The van der Waals surface area contributed by atoms with Crippen LogP contribution in [0.1, 0.15) is 53.1 Å². The van der Waals surface area contributed by atoms with Crippen LogP contribution in [0.2, 0.25) is 0 Å². The summed E-state index contributed by atoms with van der Waals surface area (Å²) < 4.78 is 7.41. The molecular formula is C22H25N3O2. The second kappa shape index (κ2) is 8.08. The molecule has 0 aliphatic carbocycles. The monoisotopic (exact) mass is 363 g/mol. The molecule has 1 atom stereocenters. The number of benzene rings is 2. The van der Waals surface area contributed by atoms with Crippen molar-refractivity contribution in [3.63, 3.8) is 0 Å². The molecule has 1 unspecified atom stereocenters. The van der Waals surface area contributed by atoms with Crippen molar-refractivity contribution in [2.75, 3.05) is 7.11 Å².